The van der Waals surface area contributed by atoms with E-state index in [0.717, 1.165) is 0 Å². The van der Waals surface area contributed by atoms with Crippen LogP contribution in [0.4, 0.5) is 0 Å². The van der Waals surface area contributed by atoms with Crippen LogP contribution in [-0.4, -0.2) is 21.8 Å². The van der Waals surface area contributed by atoms with E-state index in [0.29, 0.717) is 6.42 Å². The molecule has 0 fully saturated rings. The summed E-state index contributed by atoms with van der Waals surface area (Å²) in [4.78, 5) is 11.1. The van der Waals surface area contributed by atoms with Gasteiger partial charge in [-0.15, -0.1) is 0 Å². The van der Waals surface area contributed by atoms with Crippen LogP contribution in [-0.2, 0) is 20.6 Å². The Hall–Kier alpha value is -0.680. The van der Waals surface area contributed by atoms with Crippen molar-refractivity contribution in [2.45, 2.75) is 20.3 Å². The fraction of sp³-hybridized carbons (Fsp3) is 0.571. The van der Waals surface area contributed by atoms with Gasteiger partial charge in [0.05, 0.1) is 12.0 Å². The van der Waals surface area contributed by atoms with Gasteiger partial charge in [0, 0.05) is 5.57 Å². The van der Waals surface area contributed by atoms with E-state index in [-0.39, 0.29) is 10.5 Å². The van der Waals surface area contributed by atoms with Gasteiger partial charge in [-0.1, -0.05) is 6.92 Å². The third-order valence-electron chi connectivity index (χ3n) is 1.44. The molecule has 0 saturated heterocycles. The van der Waals surface area contributed by atoms with Gasteiger partial charge in [-0.3, -0.25) is 0 Å². The smallest absolute Gasteiger partial charge is 0.334 e. The van der Waals surface area contributed by atoms with Gasteiger partial charge in [0.2, 0.25) is 0 Å². The van der Waals surface area contributed by atoms with Crippen molar-refractivity contribution >= 4 is 17.0 Å². The molecule has 0 aliphatic carbocycles. The molecule has 1 unspecified atom stereocenters. The minimum Gasteiger partial charge on any atom is -0.466 e. The molecule has 0 aliphatic heterocycles. The first-order chi connectivity index (χ1) is 5.54. The molecule has 1 N–H and O–H groups in total. The number of carbonyl (C=O) groups is 1. The van der Waals surface area contributed by atoms with Gasteiger partial charge in [-0.05, 0) is 13.3 Å². The van der Waals surface area contributed by atoms with E-state index in [1.54, 1.807) is 6.92 Å². The summed E-state index contributed by atoms with van der Waals surface area (Å²) in [5.41, 5.74) is 0.209. The van der Waals surface area contributed by atoms with Gasteiger partial charge >= 0.3 is 5.97 Å². The van der Waals surface area contributed by atoms with Crippen molar-refractivity contribution in [2.24, 2.45) is 0 Å². The van der Waals surface area contributed by atoms with Gasteiger partial charge in [0.15, 0.2) is 11.1 Å². The molecule has 0 spiro atoms. The second-order valence-corrected chi connectivity index (χ2v) is 3.13. The van der Waals surface area contributed by atoms with Gasteiger partial charge in [-0.2, -0.15) is 0 Å². The van der Waals surface area contributed by atoms with Crippen molar-refractivity contribution < 1.29 is 18.3 Å². The normalized spacial score (nSPS) is 15.0. The molecular weight excluding hydrogens is 180 g/mol. The van der Waals surface area contributed by atoms with E-state index in [1.807, 2.05) is 0 Å². The van der Waals surface area contributed by atoms with Crippen LogP contribution in [0.2, 0.25) is 0 Å². The summed E-state index contributed by atoms with van der Waals surface area (Å²) in [6, 6.07) is 0. The molecule has 70 valence electrons. The van der Waals surface area contributed by atoms with E-state index < -0.39 is 17.0 Å². The number of hydrogen-bond donors (Lipinski definition) is 1. The van der Waals surface area contributed by atoms with Gasteiger partial charge in [-0.25, -0.2) is 9.00 Å². The third-order valence-corrected chi connectivity index (χ3v) is 2.46. The van der Waals surface area contributed by atoms with Crippen molar-refractivity contribution in [3.05, 3.63) is 10.5 Å². The van der Waals surface area contributed by atoms with Gasteiger partial charge in [0.25, 0.3) is 0 Å². The Balaban J connectivity index is 4.84. The Morgan fingerprint density at radius 3 is 2.33 bits per heavy atom. The van der Waals surface area contributed by atoms with Crippen LogP contribution in [0.5, 0.6) is 0 Å². The molecule has 0 aliphatic rings. The lowest BCUT2D eigenvalue weighted by atomic mass is 10.2. The second-order valence-electron chi connectivity index (χ2n) is 2.14. The standard InChI is InChI=1S/C7H12O4S/c1-4-6(12(9)10)5(2)7(8)11-3/h4H2,1-3H3,(H,9,10). The number of ether oxygens (including phenoxy) is 1. The fourth-order valence-corrected chi connectivity index (χ4v) is 1.38. The van der Waals surface area contributed by atoms with E-state index >= 15 is 0 Å². The summed E-state index contributed by atoms with van der Waals surface area (Å²) in [5.74, 6) is -0.561. The first-order valence-electron chi connectivity index (χ1n) is 3.43. The van der Waals surface area contributed by atoms with Crippen LogP contribution in [0.1, 0.15) is 20.3 Å². The predicted octanol–water partition coefficient (Wildman–Crippen LogP) is 1.07. The Morgan fingerprint density at radius 2 is 2.08 bits per heavy atom. The summed E-state index contributed by atoms with van der Waals surface area (Å²) in [6.45, 7) is 3.18. The number of hydrogen-bond acceptors (Lipinski definition) is 3. The van der Waals surface area contributed by atoms with E-state index in [1.165, 1.54) is 14.0 Å². The summed E-state index contributed by atoms with van der Waals surface area (Å²) in [5, 5.41) is 0. The zero-order chi connectivity index (χ0) is 9.72. The highest BCUT2D eigenvalue weighted by molar-refractivity contribution is 7.83. The van der Waals surface area contributed by atoms with Crippen molar-refractivity contribution in [1.29, 1.82) is 0 Å². The fourth-order valence-electron chi connectivity index (χ4n) is 0.787. The Labute approximate surface area is 73.9 Å². The molecule has 0 rings (SSSR count). The SMILES string of the molecule is CCC(=C(C)C(=O)OC)S(=O)O. The monoisotopic (exact) mass is 192 g/mol. The lowest BCUT2D eigenvalue weighted by Gasteiger charge is -2.03. The number of rotatable bonds is 3. The summed E-state index contributed by atoms with van der Waals surface area (Å²) < 4.78 is 23.8. The molecule has 0 saturated carbocycles. The quantitative estimate of drug-likeness (QED) is 0.412. The molecule has 4 nitrogen and oxygen atoms in total. The van der Waals surface area contributed by atoms with Crippen LogP contribution in [0.15, 0.2) is 10.5 Å². The molecule has 5 heteroatoms. The average Bonchev–Trinajstić information content (AvgIpc) is 2.03. The van der Waals surface area contributed by atoms with Crippen molar-refractivity contribution in [3.63, 3.8) is 0 Å². The topological polar surface area (TPSA) is 63.6 Å². The number of methoxy groups -OCH3 is 1. The van der Waals surface area contributed by atoms with Crippen LogP contribution in [0.3, 0.4) is 0 Å². The van der Waals surface area contributed by atoms with Crippen LogP contribution in [0, 0.1) is 0 Å². The molecule has 1 atom stereocenters. The highest BCUT2D eigenvalue weighted by Crippen LogP contribution is 2.12. The maximum Gasteiger partial charge on any atom is 0.334 e. The van der Waals surface area contributed by atoms with Crippen LogP contribution >= 0.6 is 0 Å². The second kappa shape index (κ2) is 5.05. The Bertz CT molecular complexity index is 232. The summed E-state index contributed by atoms with van der Waals surface area (Å²) in [6.07, 6.45) is 0.365. The predicted molar refractivity (Wildman–Crippen MR) is 45.8 cm³/mol. The zero-order valence-corrected chi connectivity index (χ0v) is 8.10. The zero-order valence-electron chi connectivity index (χ0n) is 7.29. The first kappa shape index (κ1) is 11.3. The maximum atomic E-state index is 10.9. The molecule has 0 bridgehead atoms. The van der Waals surface area contributed by atoms with Gasteiger partial charge in [0.1, 0.15) is 0 Å². The molecule has 0 radical (unpaired) electrons. The highest BCUT2D eigenvalue weighted by Gasteiger charge is 2.13. The minimum absolute atomic E-state index is 0.209. The molecule has 0 aromatic heterocycles. The van der Waals surface area contributed by atoms with E-state index in [2.05, 4.69) is 4.74 Å². The largest absolute Gasteiger partial charge is 0.466 e. The lowest BCUT2D eigenvalue weighted by Crippen LogP contribution is -2.07. The molecule has 0 heterocycles. The minimum atomic E-state index is -2.08. The van der Waals surface area contributed by atoms with Crippen LogP contribution < -0.4 is 0 Å². The Morgan fingerprint density at radius 1 is 1.58 bits per heavy atom. The molecule has 0 aromatic carbocycles. The molecule has 0 amide bonds. The maximum absolute atomic E-state index is 10.9. The molecular formula is C7H12O4S. The van der Waals surface area contributed by atoms with Gasteiger partial charge < -0.3 is 9.29 Å². The number of carbonyl (C=O) groups excluding carboxylic acids is 1. The molecule has 0 aromatic rings. The first-order valence-corrected chi connectivity index (χ1v) is 4.54. The summed E-state index contributed by atoms with van der Waals surface area (Å²) >= 11 is -2.08. The number of esters is 1. The van der Waals surface area contributed by atoms with Crippen molar-refractivity contribution in [3.8, 4) is 0 Å². The molecule has 12 heavy (non-hydrogen) atoms. The third kappa shape index (κ3) is 2.75. The van der Waals surface area contributed by atoms with E-state index in [9.17, 15) is 9.00 Å². The average molecular weight is 192 g/mol. The highest BCUT2D eigenvalue weighted by atomic mass is 32.2. The lowest BCUT2D eigenvalue weighted by molar-refractivity contribution is -0.136. The number of allylic oxidation sites excluding steroid dienone is 1. The van der Waals surface area contributed by atoms with E-state index in [4.69, 9.17) is 4.55 Å². The Kier molecular flexibility index (Phi) is 4.77. The van der Waals surface area contributed by atoms with Crippen molar-refractivity contribution in [2.75, 3.05) is 7.11 Å². The summed E-state index contributed by atoms with van der Waals surface area (Å²) in [7, 11) is 1.24. The van der Waals surface area contributed by atoms with Crippen molar-refractivity contribution in [1.82, 2.24) is 0 Å². The van der Waals surface area contributed by atoms with Crippen LogP contribution in [0.25, 0.3) is 0 Å².